The molecule has 2 heterocycles. The van der Waals surface area contributed by atoms with Gasteiger partial charge < -0.3 is 10.1 Å². The maximum absolute atomic E-state index is 12.3. The van der Waals surface area contributed by atoms with Gasteiger partial charge in [0.2, 0.25) is 0 Å². The molecule has 0 unspecified atom stereocenters. The Morgan fingerprint density at radius 3 is 2.43 bits per heavy atom. The molecule has 1 N–H and O–H groups in total. The molecule has 1 aromatic carbocycles. The number of aromatic nitrogens is 2. The van der Waals surface area contributed by atoms with E-state index in [0.717, 1.165) is 11.9 Å². The molecule has 0 fully saturated rings. The first-order valence-electron chi connectivity index (χ1n) is 8.30. The SMILES string of the molecule is CCOC(=O)c1cnc2nc(C)ccc2c1Nc1ccc(S(C)(=O)=O)cc1.Cl. The number of benzene rings is 1. The molecule has 0 amide bonds. The number of aryl methyl sites for hydroxylation is 1. The van der Waals surface area contributed by atoms with Crippen molar-refractivity contribution >= 4 is 50.6 Å². The van der Waals surface area contributed by atoms with Gasteiger partial charge in [-0.05, 0) is 50.2 Å². The normalized spacial score (nSPS) is 11.0. The Morgan fingerprint density at radius 2 is 1.82 bits per heavy atom. The van der Waals surface area contributed by atoms with E-state index in [1.54, 1.807) is 19.1 Å². The minimum Gasteiger partial charge on any atom is -0.462 e. The van der Waals surface area contributed by atoms with Crippen LogP contribution >= 0.6 is 12.4 Å². The highest BCUT2D eigenvalue weighted by atomic mass is 35.5. The summed E-state index contributed by atoms with van der Waals surface area (Å²) in [5.41, 5.74) is 2.72. The van der Waals surface area contributed by atoms with E-state index in [9.17, 15) is 13.2 Å². The summed E-state index contributed by atoms with van der Waals surface area (Å²) in [6, 6.07) is 9.96. The molecule has 0 bridgehead atoms. The summed E-state index contributed by atoms with van der Waals surface area (Å²) in [7, 11) is -3.28. The van der Waals surface area contributed by atoms with Crippen LogP contribution in [0.3, 0.4) is 0 Å². The lowest BCUT2D eigenvalue weighted by molar-refractivity contribution is 0.0527. The maximum Gasteiger partial charge on any atom is 0.341 e. The summed E-state index contributed by atoms with van der Waals surface area (Å²) in [4.78, 5) is 21.2. The van der Waals surface area contributed by atoms with Crippen LogP contribution in [-0.4, -0.2) is 37.2 Å². The third-order valence-corrected chi connectivity index (χ3v) is 5.04. The summed E-state index contributed by atoms with van der Waals surface area (Å²) < 4.78 is 28.4. The highest BCUT2D eigenvalue weighted by molar-refractivity contribution is 7.90. The average Bonchev–Trinajstić information content (AvgIpc) is 2.61. The van der Waals surface area contributed by atoms with E-state index in [-0.39, 0.29) is 29.5 Å². The number of hydrogen-bond donors (Lipinski definition) is 1. The molecule has 2 aromatic heterocycles. The Kier molecular flexibility index (Phi) is 6.58. The molecular weight excluding hydrogens is 402 g/mol. The number of ether oxygens (including phenoxy) is 1. The van der Waals surface area contributed by atoms with Gasteiger partial charge in [-0.15, -0.1) is 12.4 Å². The topological polar surface area (TPSA) is 98.2 Å². The van der Waals surface area contributed by atoms with Crippen molar-refractivity contribution in [2.45, 2.75) is 18.7 Å². The molecule has 0 saturated carbocycles. The summed E-state index contributed by atoms with van der Waals surface area (Å²) >= 11 is 0. The standard InChI is InChI=1S/C19H19N3O4S.ClH/c1-4-26-19(23)16-11-20-18-15(10-5-12(2)21-18)17(16)22-13-6-8-14(9-7-13)27(3,24)25;/h5-11H,4H2,1-3H3,(H,20,21,22);1H. The first-order valence-corrected chi connectivity index (χ1v) is 10.2. The zero-order valence-corrected chi connectivity index (χ0v) is 17.2. The number of rotatable bonds is 5. The third-order valence-electron chi connectivity index (χ3n) is 3.92. The molecule has 0 atom stereocenters. The summed E-state index contributed by atoms with van der Waals surface area (Å²) in [5.74, 6) is -0.497. The van der Waals surface area contributed by atoms with Gasteiger partial charge in [0.05, 0.1) is 17.2 Å². The molecule has 0 aliphatic rings. The number of nitrogens with zero attached hydrogens (tertiary/aromatic N) is 2. The van der Waals surface area contributed by atoms with Gasteiger partial charge in [-0.2, -0.15) is 0 Å². The van der Waals surface area contributed by atoms with Crippen LogP contribution in [0.5, 0.6) is 0 Å². The lowest BCUT2D eigenvalue weighted by Gasteiger charge is -2.14. The molecule has 3 aromatic rings. The molecule has 0 radical (unpaired) electrons. The third kappa shape index (κ3) is 4.58. The van der Waals surface area contributed by atoms with E-state index in [2.05, 4.69) is 15.3 Å². The molecule has 0 aliphatic heterocycles. The quantitative estimate of drug-likeness (QED) is 0.627. The van der Waals surface area contributed by atoms with E-state index in [0.29, 0.717) is 22.4 Å². The molecule has 9 heteroatoms. The number of esters is 1. The van der Waals surface area contributed by atoms with Gasteiger partial charge in [0, 0.05) is 29.2 Å². The van der Waals surface area contributed by atoms with Crippen LogP contribution in [0.1, 0.15) is 23.0 Å². The van der Waals surface area contributed by atoms with E-state index >= 15 is 0 Å². The van der Waals surface area contributed by atoms with E-state index in [4.69, 9.17) is 4.74 Å². The lowest BCUT2D eigenvalue weighted by atomic mass is 10.1. The largest absolute Gasteiger partial charge is 0.462 e. The van der Waals surface area contributed by atoms with Crippen molar-refractivity contribution in [3.8, 4) is 0 Å². The van der Waals surface area contributed by atoms with Crippen molar-refractivity contribution in [3.05, 3.63) is 53.9 Å². The van der Waals surface area contributed by atoms with Crippen LogP contribution < -0.4 is 5.32 Å². The monoisotopic (exact) mass is 421 g/mol. The van der Waals surface area contributed by atoms with Gasteiger partial charge in [0.25, 0.3) is 0 Å². The summed E-state index contributed by atoms with van der Waals surface area (Å²) in [6.45, 7) is 3.83. The number of nitrogens with one attached hydrogen (secondary N) is 1. The van der Waals surface area contributed by atoms with Crippen molar-refractivity contribution in [2.75, 3.05) is 18.2 Å². The second-order valence-electron chi connectivity index (χ2n) is 6.01. The van der Waals surface area contributed by atoms with Crippen molar-refractivity contribution in [2.24, 2.45) is 0 Å². The molecule has 0 saturated heterocycles. The minimum absolute atomic E-state index is 0. The van der Waals surface area contributed by atoms with Gasteiger partial charge in [-0.1, -0.05) is 0 Å². The number of carbonyl (C=O) groups is 1. The van der Waals surface area contributed by atoms with Crippen LogP contribution in [0.2, 0.25) is 0 Å². The highest BCUT2D eigenvalue weighted by Crippen LogP contribution is 2.29. The Bertz CT molecular complexity index is 1120. The fraction of sp³-hybridized carbons (Fsp3) is 0.211. The molecular formula is C19H20ClN3O4S. The average molecular weight is 422 g/mol. The second-order valence-corrected chi connectivity index (χ2v) is 8.03. The van der Waals surface area contributed by atoms with E-state index < -0.39 is 15.8 Å². The smallest absolute Gasteiger partial charge is 0.341 e. The lowest BCUT2D eigenvalue weighted by Crippen LogP contribution is -2.09. The number of fused-ring (bicyclic) bond motifs is 1. The summed E-state index contributed by atoms with van der Waals surface area (Å²) in [5, 5.41) is 3.84. The Balaban J connectivity index is 0.00000280. The number of hydrogen-bond acceptors (Lipinski definition) is 7. The summed E-state index contributed by atoms with van der Waals surface area (Å²) in [6.07, 6.45) is 2.58. The highest BCUT2D eigenvalue weighted by Gasteiger charge is 2.18. The van der Waals surface area contributed by atoms with Crippen LogP contribution in [0.15, 0.2) is 47.5 Å². The molecule has 0 aliphatic carbocycles. The number of anilines is 2. The number of carbonyl (C=O) groups excluding carboxylic acids is 1. The van der Waals surface area contributed by atoms with E-state index in [1.165, 1.54) is 18.3 Å². The number of pyridine rings is 2. The fourth-order valence-corrected chi connectivity index (χ4v) is 3.23. The molecule has 148 valence electrons. The zero-order chi connectivity index (χ0) is 19.6. The Hall–Kier alpha value is -2.71. The van der Waals surface area contributed by atoms with Gasteiger partial charge in [-0.25, -0.2) is 23.2 Å². The predicted octanol–water partition coefficient (Wildman–Crippen LogP) is 3.68. The van der Waals surface area contributed by atoms with E-state index in [1.807, 2.05) is 19.1 Å². The van der Waals surface area contributed by atoms with Crippen molar-refractivity contribution in [3.63, 3.8) is 0 Å². The predicted molar refractivity (Wildman–Crippen MR) is 110 cm³/mol. The van der Waals surface area contributed by atoms with Gasteiger partial charge in [0.15, 0.2) is 15.5 Å². The number of halogens is 1. The number of sulfone groups is 1. The molecule has 28 heavy (non-hydrogen) atoms. The molecule has 0 spiro atoms. The van der Waals surface area contributed by atoms with Crippen LogP contribution in [0.25, 0.3) is 11.0 Å². The van der Waals surface area contributed by atoms with Crippen molar-refractivity contribution in [1.29, 1.82) is 0 Å². The van der Waals surface area contributed by atoms with Gasteiger partial charge in [0.1, 0.15) is 5.56 Å². The fourth-order valence-electron chi connectivity index (χ4n) is 2.60. The Morgan fingerprint density at radius 1 is 1.14 bits per heavy atom. The van der Waals surface area contributed by atoms with Crippen molar-refractivity contribution < 1.29 is 17.9 Å². The second kappa shape index (κ2) is 8.53. The van der Waals surface area contributed by atoms with Crippen molar-refractivity contribution in [1.82, 2.24) is 9.97 Å². The zero-order valence-electron chi connectivity index (χ0n) is 15.6. The van der Waals surface area contributed by atoms with Crippen LogP contribution in [0, 0.1) is 6.92 Å². The maximum atomic E-state index is 12.3. The minimum atomic E-state index is -3.28. The van der Waals surface area contributed by atoms with Gasteiger partial charge in [-0.3, -0.25) is 0 Å². The molecule has 3 rings (SSSR count). The molecule has 7 nitrogen and oxygen atoms in total. The van der Waals surface area contributed by atoms with Crippen LogP contribution in [0.4, 0.5) is 11.4 Å². The Labute approximate surface area is 169 Å². The first-order chi connectivity index (χ1) is 12.8. The first kappa shape index (κ1) is 21.6. The van der Waals surface area contributed by atoms with Crippen LogP contribution in [-0.2, 0) is 14.6 Å². The van der Waals surface area contributed by atoms with Gasteiger partial charge >= 0.3 is 5.97 Å².